The lowest BCUT2D eigenvalue weighted by Gasteiger charge is -1.80. The van der Waals surface area contributed by atoms with E-state index in [1.54, 1.807) is 0 Å². The number of para-hydroxylation sites is 1. The van der Waals surface area contributed by atoms with Gasteiger partial charge in [-0.25, -0.2) is 4.98 Å². The first-order valence-electron chi connectivity index (χ1n) is 3.36. The fraction of sp³-hybridized carbons (Fsp3) is 0. The summed E-state index contributed by atoms with van der Waals surface area (Å²) in [4.78, 5) is 14.9. The van der Waals surface area contributed by atoms with Crippen molar-refractivity contribution >= 4 is 39.3 Å². The van der Waals surface area contributed by atoms with Gasteiger partial charge in [-0.15, -0.1) is 11.3 Å². The zero-order valence-electron chi connectivity index (χ0n) is 6.02. The van der Waals surface area contributed by atoms with Gasteiger partial charge in [0.15, 0.2) is 5.01 Å². The SMILES string of the molecule is O=C(S)c1nc2ccccc2s1. The maximum atomic E-state index is 10.8. The molecule has 12 heavy (non-hydrogen) atoms. The van der Waals surface area contributed by atoms with Gasteiger partial charge < -0.3 is 0 Å². The molecule has 2 rings (SSSR count). The van der Waals surface area contributed by atoms with Gasteiger partial charge in [0.1, 0.15) is 0 Å². The zero-order valence-corrected chi connectivity index (χ0v) is 7.73. The number of thiazole rings is 1. The average molecular weight is 195 g/mol. The second-order valence-corrected chi connectivity index (χ2v) is 3.73. The Bertz CT molecular complexity index is 402. The number of carbonyl (C=O) groups is 1. The van der Waals surface area contributed by atoms with E-state index >= 15 is 0 Å². The Morgan fingerprint density at radius 3 is 2.83 bits per heavy atom. The Morgan fingerprint density at radius 2 is 2.17 bits per heavy atom. The fourth-order valence-corrected chi connectivity index (χ4v) is 1.96. The quantitative estimate of drug-likeness (QED) is 0.708. The van der Waals surface area contributed by atoms with Crippen LogP contribution in [0.5, 0.6) is 0 Å². The van der Waals surface area contributed by atoms with Gasteiger partial charge in [0.2, 0.25) is 5.12 Å². The maximum absolute atomic E-state index is 10.8. The number of carbonyl (C=O) groups excluding carboxylic acids is 1. The van der Waals surface area contributed by atoms with Crippen molar-refractivity contribution in [2.24, 2.45) is 0 Å². The van der Waals surface area contributed by atoms with Gasteiger partial charge in [0.05, 0.1) is 10.2 Å². The molecule has 2 aromatic rings. The van der Waals surface area contributed by atoms with Gasteiger partial charge in [-0.05, 0) is 12.1 Å². The summed E-state index contributed by atoms with van der Waals surface area (Å²) in [5, 5.41) is 0.190. The number of aromatic nitrogens is 1. The minimum atomic E-state index is -0.267. The van der Waals surface area contributed by atoms with Gasteiger partial charge >= 0.3 is 0 Å². The predicted octanol–water partition coefficient (Wildman–Crippen LogP) is 2.37. The largest absolute Gasteiger partial charge is 0.279 e. The first-order chi connectivity index (χ1) is 5.77. The molecule has 0 aliphatic carbocycles. The van der Waals surface area contributed by atoms with Crippen LogP contribution in [0.4, 0.5) is 0 Å². The van der Waals surface area contributed by atoms with Crippen LogP contribution < -0.4 is 0 Å². The molecule has 0 spiro atoms. The standard InChI is InChI=1S/C8H5NOS2/c10-8(11)7-9-5-3-1-2-4-6(5)12-7/h1-4H,(H,10,11). The number of hydrogen-bond acceptors (Lipinski definition) is 3. The summed E-state index contributed by atoms with van der Waals surface area (Å²) in [5.41, 5.74) is 0.861. The second kappa shape index (κ2) is 2.88. The molecule has 60 valence electrons. The van der Waals surface area contributed by atoms with E-state index in [4.69, 9.17) is 0 Å². The van der Waals surface area contributed by atoms with E-state index in [1.807, 2.05) is 24.3 Å². The highest BCUT2D eigenvalue weighted by atomic mass is 32.1. The van der Waals surface area contributed by atoms with Crippen LogP contribution in [-0.2, 0) is 0 Å². The lowest BCUT2D eigenvalue weighted by Crippen LogP contribution is -1.84. The van der Waals surface area contributed by atoms with E-state index in [0.29, 0.717) is 5.01 Å². The minimum absolute atomic E-state index is 0.267. The molecule has 1 aromatic heterocycles. The predicted molar refractivity (Wildman–Crippen MR) is 52.9 cm³/mol. The number of nitrogens with zero attached hydrogens (tertiary/aromatic N) is 1. The van der Waals surface area contributed by atoms with E-state index in [1.165, 1.54) is 11.3 Å². The Hall–Kier alpha value is -0.870. The molecule has 0 saturated carbocycles. The molecule has 0 unspecified atom stereocenters. The molecule has 0 radical (unpaired) electrons. The van der Waals surface area contributed by atoms with Gasteiger partial charge in [-0.2, -0.15) is 0 Å². The maximum Gasteiger partial charge on any atom is 0.244 e. The van der Waals surface area contributed by atoms with Crippen LogP contribution in [0.15, 0.2) is 24.3 Å². The molecule has 0 amide bonds. The van der Waals surface area contributed by atoms with Crippen LogP contribution in [0.3, 0.4) is 0 Å². The first kappa shape index (κ1) is 7.76. The van der Waals surface area contributed by atoms with E-state index in [9.17, 15) is 4.79 Å². The normalized spacial score (nSPS) is 10.4. The molecule has 1 heterocycles. The van der Waals surface area contributed by atoms with E-state index in [0.717, 1.165) is 10.2 Å². The van der Waals surface area contributed by atoms with Crippen molar-refractivity contribution in [3.63, 3.8) is 0 Å². The molecule has 0 atom stereocenters. The van der Waals surface area contributed by atoms with Crippen LogP contribution in [0.25, 0.3) is 10.2 Å². The lowest BCUT2D eigenvalue weighted by atomic mass is 10.3. The highest BCUT2D eigenvalue weighted by molar-refractivity contribution is 7.97. The van der Waals surface area contributed by atoms with E-state index < -0.39 is 0 Å². The third kappa shape index (κ3) is 1.23. The van der Waals surface area contributed by atoms with Crippen molar-refractivity contribution in [1.82, 2.24) is 4.98 Å². The highest BCUT2D eigenvalue weighted by Crippen LogP contribution is 2.22. The molecule has 2 nitrogen and oxygen atoms in total. The summed E-state index contributed by atoms with van der Waals surface area (Å²) < 4.78 is 1.02. The summed E-state index contributed by atoms with van der Waals surface area (Å²) in [7, 11) is 0. The Kier molecular flexibility index (Phi) is 1.86. The Morgan fingerprint density at radius 1 is 1.42 bits per heavy atom. The number of thiol groups is 1. The molecular weight excluding hydrogens is 190 g/mol. The summed E-state index contributed by atoms with van der Waals surface area (Å²) >= 11 is 5.08. The van der Waals surface area contributed by atoms with Crippen molar-refractivity contribution in [1.29, 1.82) is 0 Å². The number of fused-ring (bicyclic) bond motifs is 1. The van der Waals surface area contributed by atoms with Crippen LogP contribution in [0, 0.1) is 0 Å². The molecule has 1 aromatic carbocycles. The minimum Gasteiger partial charge on any atom is -0.279 e. The zero-order chi connectivity index (χ0) is 8.55. The number of rotatable bonds is 1. The molecule has 0 fully saturated rings. The first-order valence-corrected chi connectivity index (χ1v) is 4.62. The summed E-state index contributed by atoms with van der Waals surface area (Å²) in [6.45, 7) is 0. The van der Waals surface area contributed by atoms with Crippen molar-refractivity contribution in [2.45, 2.75) is 0 Å². The lowest BCUT2D eigenvalue weighted by molar-refractivity contribution is 0.109. The smallest absolute Gasteiger partial charge is 0.244 e. The third-order valence-corrected chi connectivity index (χ3v) is 2.88. The van der Waals surface area contributed by atoms with Crippen LogP contribution in [0.2, 0.25) is 0 Å². The molecule has 0 aliphatic heterocycles. The van der Waals surface area contributed by atoms with Gasteiger partial charge in [-0.1, -0.05) is 24.8 Å². The fourth-order valence-electron chi connectivity index (χ4n) is 0.964. The summed E-state index contributed by atoms with van der Waals surface area (Å²) in [6, 6.07) is 7.64. The molecule has 0 N–H and O–H groups in total. The van der Waals surface area contributed by atoms with Crippen molar-refractivity contribution in [3.05, 3.63) is 29.3 Å². The van der Waals surface area contributed by atoms with Crippen LogP contribution in [0.1, 0.15) is 9.80 Å². The number of benzene rings is 1. The van der Waals surface area contributed by atoms with Gasteiger partial charge in [-0.3, -0.25) is 4.79 Å². The molecule has 0 aliphatic rings. The van der Waals surface area contributed by atoms with E-state index in [-0.39, 0.29) is 5.12 Å². The Balaban J connectivity index is 2.70. The summed E-state index contributed by atoms with van der Waals surface area (Å²) in [6.07, 6.45) is 0. The number of hydrogen-bond donors (Lipinski definition) is 1. The average Bonchev–Trinajstić information content (AvgIpc) is 2.46. The van der Waals surface area contributed by atoms with Crippen molar-refractivity contribution in [3.8, 4) is 0 Å². The van der Waals surface area contributed by atoms with E-state index in [2.05, 4.69) is 17.6 Å². The highest BCUT2D eigenvalue weighted by Gasteiger charge is 2.06. The summed E-state index contributed by atoms with van der Waals surface area (Å²) in [5.74, 6) is 0. The van der Waals surface area contributed by atoms with Crippen molar-refractivity contribution < 1.29 is 4.79 Å². The topological polar surface area (TPSA) is 30.0 Å². The van der Waals surface area contributed by atoms with Crippen molar-refractivity contribution in [2.75, 3.05) is 0 Å². The van der Waals surface area contributed by atoms with Gasteiger partial charge in [0.25, 0.3) is 0 Å². The molecule has 0 bridgehead atoms. The molecular formula is C8H5NOS2. The molecule has 0 saturated heterocycles. The Labute approximate surface area is 78.7 Å². The van der Waals surface area contributed by atoms with Gasteiger partial charge in [0, 0.05) is 0 Å². The monoisotopic (exact) mass is 195 g/mol. The van der Waals surface area contributed by atoms with Crippen LogP contribution >= 0.6 is 24.0 Å². The second-order valence-electron chi connectivity index (χ2n) is 2.29. The van der Waals surface area contributed by atoms with Crippen LogP contribution in [-0.4, -0.2) is 10.1 Å². The third-order valence-electron chi connectivity index (χ3n) is 1.48. The molecule has 4 heteroatoms.